The number of halogens is 1. The standard InChI is InChI=1S/C14H20FNO4S/c1-10-13(15)6-12(8-17)7-14(10)21(18,19)16-4-5-20-9-11-2-3-11/h6-7,11,16-17H,2-5,8-9H2,1H3. The van der Waals surface area contributed by atoms with Crippen molar-refractivity contribution >= 4 is 10.0 Å². The normalized spacial score (nSPS) is 15.4. The van der Waals surface area contributed by atoms with Gasteiger partial charge in [-0.15, -0.1) is 0 Å². The first-order valence-corrected chi connectivity index (χ1v) is 8.39. The van der Waals surface area contributed by atoms with Crippen LogP contribution in [0.15, 0.2) is 17.0 Å². The molecular formula is C14H20FNO4S. The van der Waals surface area contributed by atoms with Gasteiger partial charge >= 0.3 is 0 Å². The van der Waals surface area contributed by atoms with E-state index in [-0.39, 0.29) is 29.2 Å². The van der Waals surface area contributed by atoms with Crippen molar-refractivity contribution in [2.75, 3.05) is 19.8 Å². The van der Waals surface area contributed by atoms with E-state index in [0.717, 1.165) is 6.07 Å². The minimum atomic E-state index is -3.81. The Kier molecular flexibility index (Phi) is 5.32. The highest BCUT2D eigenvalue weighted by molar-refractivity contribution is 7.89. The third-order valence-electron chi connectivity index (χ3n) is 3.42. The molecule has 0 unspecified atom stereocenters. The quantitative estimate of drug-likeness (QED) is 0.709. The fraction of sp³-hybridized carbons (Fsp3) is 0.571. The molecule has 1 aromatic rings. The summed E-state index contributed by atoms with van der Waals surface area (Å²) in [7, 11) is -3.81. The van der Waals surface area contributed by atoms with Crippen LogP contribution >= 0.6 is 0 Å². The molecule has 0 aliphatic heterocycles. The van der Waals surface area contributed by atoms with Crippen molar-refractivity contribution in [2.24, 2.45) is 5.92 Å². The van der Waals surface area contributed by atoms with E-state index in [2.05, 4.69) is 4.72 Å². The highest BCUT2D eigenvalue weighted by Gasteiger charge is 2.22. The summed E-state index contributed by atoms with van der Waals surface area (Å²) in [5.74, 6) is -0.0221. The van der Waals surface area contributed by atoms with E-state index in [9.17, 15) is 12.8 Å². The van der Waals surface area contributed by atoms with E-state index in [1.807, 2.05) is 0 Å². The Bertz CT molecular complexity index is 599. The maximum Gasteiger partial charge on any atom is 0.241 e. The SMILES string of the molecule is Cc1c(F)cc(CO)cc1S(=O)(=O)NCCOCC1CC1. The summed E-state index contributed by atoms with van der Waals surface area (Å²) in [5.41, 5.74) is 0.266. The van der Waals surface area contributed by atoms with Crippen molar-refractivity contribution in [2.45, 2.75) is 31.3 Å². The number of nitrogens with one attached hydrogen (secondary N) is 1. The van der Waals surface area contributed by atoms with Gasteiger partial charge in [-0.2, -0.15) is 0 Å². The van der Waals surface area contributed by atoms with Gasteiger partial charge in [-0.05, 0) is 43.4 Å². The van der Waals surface area contributed by atoms with Gasteiger partial charge in [0.15, 0.2) is 0 Å². The summed E-state index contributed by atoms with van der Waals surface area (Å²) in [5, 5.41) is 9.05. The summed E-state index contributed by atoms with van der Waals surface area (Å²) in [6.07, 6.45) is 2.36. The van der Waals surface area contributed by atoms with E-state index < -0.39 is 22.4 Å². The van der Waals surface area contributed by atoms with Crippen molar-refractivity contribution in [3.8, 4) is 0 Å². The molecule has 0 bridgehead atoms. The van der Waals surface area contributed by atoms with Crippen molar-refractivity contribution in [3.63, 3.8) is 0 Å². The van der Waals surface area contributed by atoms with Crippen LogP contribution in [-0.4, -0.2) is 33.3 Å². The van der Waals surface area contributed by atoms with Gasteiger partial charge in [0.05, 0.1) is 18.1 Å². The number of aliphatic hydroxyl groups excluding tert-OH is 1. The smallest absolute Gasteiger partial charge is 0.241 e. The fourth-order valence-electron chi connectivity index (χ4n) is 1.94. The van der Waals surface area contributed by atoms with Crippen molar-refractivity contribution in [3.05, 3.63) is 29.1 Å². The van der Waals surface area contributed by atoms with Crippen molar-refractivity contribution in [1.29, 1.82) is 0 Å². The summed E-state index contributed by atoms with van der Waals surface area (Å²) < 4.78 is 45.7. The molecular weight excluding hydrogens is 297 g/mol. The average molecular weight is 317 g/mol. The number of sulfonamides is 1. The van der Waals surface area contributed by atoms with Crippen LogP contribution in [0.2, 0.25) is 0 Å². The Morgan fingerprint density at radius 1 is 1.43 bits per heavy atom. The average Bonchev–Trinajstić information content (AvgIpc) is 3.25. The number of ether oxygens (including phenoxy) is 1. The van der Waals surface area contributed by atoms with Crippen LogP contribution in [0.4, 0.5) is 4.39 Å². The van der Waals surface area contributed by atoms with Crippen molar-refractivity contribution < 1.29 is 22.7 Å². The highest BCUT2D eigenvalue weighted by atomic mass is 32.2. The molecule has 5 nitrogen and oxygen atoms in total. The molecule has 0 amide bonds. The first kappa shape index (κ1) is 16.4. The third-order valence-corrected chi connectivity index (χ3v) is 5.00. The summed E-state index contributed by atoms with van der Waals surface area (Å²) in [6.45, 7) is 2.07. The van der Waals surface area contributed by atoms with Gasteiger partial charge in [-0.1, -0.05) is 0 Å². The molecule has 118 valence electrons. The second-order valence-electron chi connectivity index (χ2n) is 5.27. The molecule has 0 radical (unpaired) electrons. The summed E-state index contributed by atoms with van der Waals surface area (Å²) >= 11 is 0. The van der Waals surface area contributed by atoms with Crippen LogP contribution in [0.25, 0.3) is 0 Å². The van der Waals surface area contributed by atoms with Gasteiger partial charge in [-0.25, -0.2) is 17.5 Å². The first-order valence-electron chi connectivity index (χ1n) is 6.91. The second-order valence-corrected chi connectivity index (χ2v) is 7.01. The number of benzene rings is 1. The minimum Gasteiger partial charge on any atom is -0.392 e. The molecule has 0 aromatic heterocycles. The summed E-state index contributed by atoms with van der Waals surface area (Å²) in [4.78, 5) is -0.145. The van der Waals surface area contributed by atoms with Crippen LogP contribution in [0, 0.1) is 18.7 Å². The Hall–Kier alpha value is -1.02. The molecule has 1 aromatic carbocycles. The molecule has 0 spiro atoms. The Morgan fingerprint density at radius 3 is 2.76 bits per heavy atom. The van der Waals surface area contributed by atoms with Crippen LogP contribution in [-0.2, 0) is 21.4 Å². The Morgan fingerprint density at radius 2 is 2.14 bits per heavy atom. The zero-order valence-electron chi connectivity index (χ0n) is 11.9. The predicted molar refractivity (Wildman–Crippen MR) is 75.8 cm³/mol. The third kappa shape index (κ3) is 4.47. The molecule has 0 atom stereocenters. The topological polar surface area (TPSA) is 75.6 Å². The van der Waals surface area contributed by atoms with E-state index in [4.69, 9.17) is 9.84 Å². The number of aliphatic hydroxyl groups is 1. The van der Waals surface area contributed by atoms with E-state index in [1.54, 1.807) is 0 Å². The van der Waals surface area contributed by atoms with Gasteiger partial charge in [-0.3, -0.25) is 0 Å². The maximum absolute atomic E-state index is 13.7. The van der Waals surface area contributed by atoms with Crippen LogP contribution < -0.4 is 4.72 Å². The highest BCUT2D eigenvalue weighted by Crippen LogP contribution is 2.28. The zero-order valence-corrected chi connectivity index (χ0v) is 12.7. The fourth-order valence-corrected chi connectivity index (χ4v) is 3.25. The van der Waals surface area contributed by atoms with E-state index in [1.165, 1.54) is 25.8 Å². The lowest BCUT2D eigenvalue weighted by molar-refractivity contribution is 0.129. The van der Waals surface area contributed by atoms with Gasteiger partial charge in [0.25, 0.3) is 0 Å². The molecule has 2 N–H and O–H groups in total. The van der Waals surface area contributed by atoms with Gasteiger partial charge < -0.3 is 9.84 Å². The van der Waals surface area contributed by atoms with Crippen LogP contribution in [0.3, 0.4) is 0 Å². The van der Waals surface area contributed by atoms with Gasteiger partial charge in [0, 0.05) is 18.7 Å². The predicted octanol–water partition coefficient (Wildman–Crippen LogP) is 1.33. The lowest BCUT2D eigenvalue weighted by Gasteiger charge is -2.11. The summed E-state index contributed by atoms with van der Waals surface area (Å²) in [6, 6.07) is 2.42. The van der Waals surface area contributed by atoms with E-state index in [0.29, 0.717) is 12.5 Å². The molecule has 7 heteroatoms. The Labute approximate surface area is 124 Å². The van der Waals surface area contributed by atoms with E-state index >= 15 is 0 Å². The first-order chi connectivity index (χ1) is 9.94. The Balaban J connectivity index is 1.98. The lowest BCUT2D eigenvalue weighted by atomic mass is 10.1. The molecule has 0 heterocycles. The monoisotopic (exact) mass is 317 g/mol. The lowest BCUT2D eigenvalue weighted by Crippen LogP contribution is -2.28. The minimum absolute atomic E-state index is 0.0404. The molecule has 1 fully saturated rings. The van der Waals surface area contributed by atoms with Crippen LogP contribution in [0.1, 0.15) is 24.0 Å². The molecule has 0 saturated heterocycles. The molecule has 21 heavy (non-hydrogen) atoms. The number of rotatable bonds is 8. The molecule has 1 saturated carbocycles. The maximum atomic E-state index is 13.7. The van der Waals surface area contributed by atoms with Crippen LogP contribution in [0.5, 0.6) is 0 Å². The largest absolute Gasteiger partial charge is 0.392 e. The van der Waals surface area contributed by atoms with Gasteiger partial charge in [0.1, 0.15) is 5.82 Å². The molecule has 1 aliphatic rings. The van der Waals surface area contributed by atoms with Gasteiger partial charge in [0.2, 0.25) is 10.0 Å². The molecule has 1 aliphatic carbocycles. The molecule has 2 rings (SSSR count). The second kappa shape index (κ2) is 6.83. The number of hydrogen-bond donors (Lipinski definition) is 2. The number of hydrogen-bond acceptors (Lipinski definition) is 4. The zero-order chi connectivity index (χ0) is 15.5. The van der Waals surface area contributed by atoms with Crippen molar-refractivity contribution in [1.82, 2.24) is 4.72 Å².